The fourth-order valence-corrected chi connectivity index (χ4v) is 7.04. The zero-order valence-electron chi connectivity index (χ0n) is 40.7. The zero-order chi connectivity index (χ0) is 45.9. The molecule has 0 aromatic carbocycles. The van der Waals surface area contributed by atoms with Crippen LogP contribution in [0.2, 0.25) is 0 Å². The van der Waals surface area contributed by atoms with Crippen LogP contribution in [0.25, 0.3) is 0 Å². The van der Waals surface area contributed by atoms with E-state index in [1.54, 1.807) is 0 Å². The number of hydrogen-bond donors (Lipinski definition) is 3. The number of amides is 1. The largest absolute Gasteiger partial charge is 0.462 e. The smallest absolute Gasteiger partial charge is 0.306 e. The number of unbranched alkanes of at least 4 members (excludes halogenated alkanes) is 14. The number of aliphatic hydroxyl groups is 2. The Labute approximate surface area is 388 Å². The van der Waals surface area contributed by atoms with Crippen LogP contribution in [0.5, 0.6) is 0 Å². The molecule has 0 aromatic heterocycles. The number of aliphatic hydroxyl groups excluding tert-OH is 2. The Morgan fingerprint density at radius 3 is 1.32 bits per heavy atom. The van der Waals surface area contributed by atoms with E-state index in [0.717, 1.165) is 116 Å². The first-order valence-corrected chi connectivity index (χ1v) is 25.6. The van der Waals surface area contributed by atoms with Crippen LogP contribution in [0.15, 0.2) is 109 Å². The molecule has 0 spiro atoms. The Morgan fingerprint density at radius 1 is 0.476 bits per heavy atom. The van der Waals surface area contributed by atoms with Gasteiger partial charge in [-0.2, -0.15) is 0 Å². The molecule has 0 rings (SSSR count). The minimum atomic E-state index is -0.814. The second kappa shape index (κ2) is 49.5. The highest BCUT2D eigenvalue weighted by atomic mass is 16.5. The summed E-state index contributed by atoms with van der Waals surface area (Å²) in [5, 5.41) is 23.7. The third-order valence-corrected chi connectivity index (χ3v) is 10.8. The number of hydrogen-bond acceptors (Lipinski definition) is 5. The summed E-state index contributed by atoms with van der Waals surface area (Å²) in [6.07, 6.45) is 67.2. The molecule has 6 nitrogen and oxygen atoms in total. The Hall–Kier alpha value is -3.48. The molecule has 0 bridgehead atoms. The van der Waals surface area contributed by atoms with Crippen LogP contribution >= 0.6 is 0 Å². The fourth-order valence-electron chi connectivity index (χ4n) is 7.04. The molecular formula is C57H95NO5. The molecule has 358 valence electrons. The summed E-state index contributed by atoms with van der Waals surface area (Å²) in [6, 6.07) is -0.732. The predicted octanol–water partition coefficient (Wildman–Crippen LogP) is 15.5. The van der Waals surface area contributed by atoms with Gasteiger partial charge in [-0.3, -0.25) is 9.59 Å². The van der Waals surface area contributed by atoms with E-state index in [4.69, 9.17) is 4.74 Å². The Bertz CT molecular complexity index is 1300. The van der Waals surface area contributed by atoms with Gasteiger partial charge in [0.1, 0.15) is 6.10 Å². The quantitative estimate of drug-likeness (QED) is 0.0322. The Kier molecular flexibility index (Phi) is 46.8. The summed E-state index contributed by atoms with van der Waals surface area (Å²) in [5.41, 5.74) is 0. The summed E-state index contributed by atoms with van der Waals surface area (Å²) >= 11 is 0. The minimum absolute atomic E-state index is 0.0195. The van der Waals surface area contributed by atoms with Gasteiger partial charge in [-0.15, -0.1) is 0 Å². The van der Waals surface area contributed by atoms with Gasteiger partial charge in [0.15, 0.2) is 0 Å². The number of rotatable bonds is 44. The number of carbonyl (C=O) groups is 2. The van der Waals surface area contributed by atoms with Crippen molar-refractivity contribution in [1.82, 2.24) is 5.32 Å². The number of ether oxygens (including phenoxy) is 1. The monoisotopic (exact) mass is 874 g/mol. The molecule has 0 aliphatic carbocycles. The maximum absolute atomic E-state index is 13.2. The highest BCUT2D eigenvalue weighted by Gasteiger charge is 2.24. The summed E-state index contributed by atoms with van der Waals surface area (Å²) in [5.74, 6) is -0.577. The highest BCUT2D eigenvalue weighted by molar-refractivity contribution is 5.77. The van der Waals surface area contributed by atoms with Gasteiger partial charge in [0.05, 0.1) is 25.2 Å². The molecule has 0 aliphatic heterocycles. The molecule has 1 amide bonds. The van der Waals surface area contributed by atoms with E-state index in [0.29, 0.717) is 19.3 Å². The molecule has 63 heavy (non-hydrogen) atoms. The van der Waals surface area contributed by atoms with Crippen molar-refractivity contribution in [1.29, 1.82) is 0 Å². The summed E-state index contributed by atoms with van der Waals surface area (Å²) < 4.78 is 5.89. The lowest BCUT2D eigenvalue weighted by Gasteiger charge is -2.24. The summed E-state index contributed by atoms with van der Waals surface area (Å²) in [7, 11) is 0. The maximum atomic E-state index is 13.2. The van der Waals surface area contributed by atoms with Gasteiger partial charge in [-0.25, -0.2) is 0 Å². The van der Waals surface area contributed by atoms with Crippen molar-refractivity contribution < 1.29 is 24.5 Å². The second-order valence-electron chi connectivity index (χ2n) is 16.8. The van der Waals surface area contributed by atoms with E-state index in [1.807, 2.05) is 0 Å². The van der Waals surface area contributed by atoms with E-state index < -0.39 is 18.2 Å². The van der Waals surface area contributed by atoms with Crippen molar-refractivity contribution in [2.45, 2.75) is 232 Å². The molecular weight excluding hydrogens is 779 g/mol. The van der Waals surface area contributed by atoms with Gasteiger partial charge < -0.3 is 20.3 Å². The third-order valence-electron chi connectivity index (χ3n) is 10.8. The van der Waals surface area contributed by atoms with Crippen LogP contribution in [0.4, 0.5) is 0 Å². The second-order valence-corrected chi connectivity index (χ2v) is 16.8. The minimum Gasteiger partial charge on any atom is -0.462 e. The van der Waals surface area contributed by atoms with Crippen molar-refractivity contribution >= 4 is 11.9 Å². The van der Waals surface area contributed by atoms with Gasteiger partial charge >= 0.3 is 5.97 Å². The van der Waals surface area contributed by atoms with Crippen LogP contribution in [-0.4, -0.2) is 46.9 Å². The van der Waals surface area contributed by atoms with Crippen molar-refractivity contribution in [3.05, 3.63) is 109 Å². The van der Waals surface area contributed by atoms with Crippen molar-refractivity contribution in [2.24, 2.45) is 0 Å². The first-order chi connectivity index (χ1) is 31.0. The van der Waals surface area contributed by atoms with Crippen molar-refractivity contribution in [2.75, 3.05) is 6.61 Å². The van der Waals surface area contributed by atoms with Gasteiger partial charge in [0.25, 0.3) is 0 Å². The van der Waals surface area contributed by atoms with Crippen LogP contribution < -0.4 is 5.32 Å². The molecule has 0 saturated heterocycles. The molecule has 3 atom stereocenters. The number of carbonyl (C=O) groups excluding carboxylic acids is 2. The van der Waals surface area contributed by atoms with Crippen molar-refractivity contribution in [3.63, 3.8) is 0 Å². The average Bonchev–Trinajstić information content (AvgIpc) is 3.28. The predicted molar refractivity (Wildman–Crippen MR) is 273 cm³/mol. The zero-order valence-corrected chi connectivity index (χ0v) is 40.7. The molecule has 0 aliphatic rings. The maximum Gasteiger partial charge on any atom is 0.306 e. The Morgan fingerprint density at radius 2 is 0.873 bits per heavy atom. The van der Waals surface area contributed by atoms with Crippen LogP contribution in [0, 0.1) is 0 Å². The number of nitrogens with one attached hydrogen (secondary N) is 1. The van der Waals surface area contributed by atoms with Crippen molar-refractivity contribution in [3.8, 4) is 0 Å². The lowest BCUT2D eigenvalue weighted by atomic mass is 10.0. The molecule has 3 unspecified atom stereocenters. The van der Waals surface area contributed by atoms with Gasteiger partial charge in [-0.05, 0) is 103 Å². The summed E-state index contributed by atoms with van der Waals surface area (Å²) in [4.78, 5) is 26.1. The van der Waals surface area contributed by atoms with Gasteiger partial charge in [0, 0.05) is 6.42 Å². The van der Waals surface area contributed by atoms with E-state index in [9.17, 15) is 19.8 Å². The molecule has 6 heteroatoms. The molecule has 3 N–H and O–H groups in total. The Balaban J connectivity index is 4.74. The first kappa shape index (κ1) is 59.5. The first-order valence-electron chi connectivity index (χ1n) is 25.6. The number of esters is 1. The summed E-state index contributed by atoms with van der Waals surface area (Å²) in [6.45, 7) is 6.21. The van der Waals surface area contributed by atoms with E-state index in [2.05, 4.69) is 135 Å². The average molecular weight is 874 g/mol. The number of allylic oxidation sites excluding steroid dienone is 18. The third kappa shape index (κ3) is 44.9. The van der Waals surface area contributed by atoms with E-state index >= 15 is 0 Å². The van der Waals surface area contributed by atoms with E-state index in [1.165, 1.54) is 51.4 Å². The van der Waals surface area contributed by atoms with Crippen LogP contribution in [-0.2, 0) is 14.3 Å². The van der Waals surface area contributed by atoms with Gasteiger partial charge in [0.2, 0.25) is 5.91 Å². The van der Waals surface area contributed by atoms with Crippen LogP contribution in [0.3, 0.4) is 0 Å². The standard InChI is InChI=1S/C57H95NO5/c1-4-7-10-13-16-19-22-24-26-27-28-29-30-32-35-38-41-44-47-50-57(62)63-53(48-45-42-39-36-34-31-25-23-20-17-14-11-8-5-2)51-56(61)58-54(52-59)55(60)49-46-43-40-37-33-21-18-15-12-9-6-3/h7-8,10-11,16-17,19-20,24-26,28-29,31-32,35-36,39,53-55,59-60H,4-6,9,12-15,18,21-23,27,30,33-34,37-38,40-52H2,1-3H3,(H,58,61)/b10-7-,11-8+,19-16-,20-17+,26-24-,29-28-,31-25+,35-32-,39-36+. The normalized spacial score (nSPS) is 14.2. The topological polar surface area (TPSA) is 95.9 Å². The highest BCUT2D eigenvalue weighted by Crippen LogP contribution is 2.16. The molecule has 0 heterocycles. The molecule has 0 aromatic rings. The lowest BCUT2D eigenvalue weighted by Crippen LogP contribution is -2.46. The molecule has 0 radical (unpaired) electrons. The van der Waals surface area contributed by atoms with Crippen LogP contribution in [0.1, 0.15) is 213 Å². The molecule has 0 fully saturated rings. The SMILES string of the molecule is CC/C=C\C/C=C\C/C=C\C/C=C\C/C=C\CCCCCC(=O)OC(CCC/C=C/C/C=C/C/C=C/C/C=C/CC)CC(=O)NC(CO)C(O)CCCCCCCCCCCCC. The fraction of sp³-hybridized carbons (Fsp3) is 0.649. The van der Waals surface area contributed by atoms with Gasteiger partial charge in [-0.1, -0.05) is 207 Å². The van der Waals surface area contributed by atoms with E-state index in [-0.39, 0.29) is 24.9 Å². The molecule has 0 saturated carbocycles. The lowest BCUT2D eigenvalue weighted by molar-refractivity contribution is -0.151.